The highest BCUT2D eigenvalue weighted by Crippen LogP contribution is 2.37. The van der Waals surface area contributed by atoms with Crippen LogP contribution in [-0.4, -0.2) is 50.4 Å². The zero-order valence-electron chi connectivity index (χ0n) is 18.9. The summed E-state index contributed by atoms with van der Waals surface area (Å²) in [6.07, 6.45) is 4.10. The lowest BCUT2D eigenvalue weighted by atomic mass is 9.85. The summed E-state index contributed by atoms with van der Waals surface area (Å²) in [6.45, 7) is 0. The first-order valence-corrected chi connectivity index (χ1v) is 11.7. The average Bonchev–Trinajstić information content (AvgIpc) is 3.13. The molecule has 11 heteroatoms. The molecule has 0 unspecified atom stereocenters. The highest BCUT2D eigenvalue weighted by atomic mass is 35.5. The molecule has 1 aliphatic carbocycles. The standard InChI is InChI=1S/C25H21ClFN3O6/c26-14-13-21(22(31)15-5-9-17(27)10-6-15)28(23(32)16-7-11-18(12-8-16)30(35)36)29-24(33)19-3-1-2-4-20(19)25(29)34/h1-2,5-12,19-21H,3-4,13-14H2/t19-,20-,21+/m1/s1. The Hall–Kier alpha value is -3.92. The molecule has 3 atom stereocenters. The van der Waals surface area contributed by atoms with Crippen molar-refractivity contribution in [3.63, 3.8) is 0 Å². The number of rotatable bonds is 8. The van der Waals surface area contributed by atoms with E-state index in [9.17, 15) is 33.7 Å². The number of nitro benzene ring substituents is 1. The number of imide groups is 1. The summed E-state index contributed by atoms with van der Waals surface area (Å²) in [4.78, 5) is 64.4. The van der Waals surface area contributed by atoms with Crippen molar-refractivity contribution in [1.29, 1.82) is 0 Å². The topological polar surface area (TPSA) is 118 Å². The molecule has 1 saturated heterocycles. The number of carbonyl (C=O) groups is 4. The number of alkyl halides is 1. The maximum atomic E-state index is 13.8. The number of carbonyl (C=O) groups excluding carboxylic acids is 4. The number of nitro groups is 1. The van der Waals surface area contributed by atoms with Crippen LogP contribution in [0.1, 0.15) is 40.0 Å². The minimum Gasteiger partial charge on any atom is -0.292 e. The third-order valence-electron chi connectivity index (χ3n) is 6.34. The minimum atomic E-state index is -1.36. The summed E-state index contributed by atoms with van der Waals surface area (Å²) in [7, 11) is 0. The zero-order chi connectivity index (χ0) is 26.0. The van der Waals surface area contributed by atoms with Crippen molar-refractivity contribution < 1.29 is 28.5 Å². The third kappa shape index (κ3) is 4.64. The number of hydrazine groups is 1. The van der Waals surface area contributed by atoms with Crippen molar-refractivity contribution in [3.8, 4) is 0 Å². The number of Topliss-reactive ketones (excluding diaryl/α,β-unsaturated/α-hetero) is 1. The van der Waals surface area contributed by atoms with Gasteiger partial charge in [-0.15, -0.1) is 11.6 Å². The fourth-order valence-electron chi connectivity index (χ4n) is 4.50. The molecule has 0 N–H and O–H groups in total. The number of nitrogens with zero attached hydrogens (tertiary/aromatic N) is 3. The van der Waals surface area contributed by atoms with E-state index in [1.807, 2.05) is 0 Å². The fraction of sp³-hybridized carbons (Fsp3) is 0.280. The first-order valence-electron chi connectivity index (χ1n) is 11.2. The molecule has 0 radical (unpaired) electrons. The summed E-state index contributed by atoms with van der Waals surface area (Å²) < 4.78 is 13.5. The van der Waals surface area contributed by atoms with E-state index in [1.165, 1.54) is 24.3 Å². The van der Waals surface area contributed by atoms with Gasteiger partial charge in [0.15, 0.2) is 5.78 Å². The van der Waals surface area contributed by atoms with Gasteiger partial charge in [0.05, 0.1) is 16.8 Å². The Morgan fingerprint density at radius 2 is 1.53 bits per heavy atom. The molecule has 0 aromatic heterocycles. The van der Waals surface area contributed by atoms with Crippen LogP contribution in [0.5, 0.6) is 0 Å². The minimum absolute atomic E-state index is 0.0613. The Bertz CT molecular complexity index is 1220. The summed E-state index contributed by atoms with van der Waals surface area (Å²) >= 11 is 5.98. The van der Waals surface area contributed by atoms with Gasteiger partial charge in [0.25, 0.3) is 23.4 Å². The average molecular weight is 514 g/mol. The molecule has 1 heterocycles. The van der Waals surface area contributed by atoms with Crippen LogP contribution < -0.4 is 0 Å². The smallest absolute Gasteiger partial charge is 0.273 e. The molecule has 2 aromatic carbocycles. The normalized spacial score (nSPS) is 19.7. The maximum Gasteiger partial charge on any atom is 0.273 e. The number of fused-ring (bicyclic) bond motifs is 1. The predicted octanol–water partition coefficient (Wildman–Crippen LogP) is 3.92. The summed E-state index contributed by atoms with van der Waals surface area (Å²) in [6, 6.07) is 7.88. The molecule has 0 spiro atoms. The Kier molecular flexibility index (Phi) is 7.25. The SMILES string of the molecule is O=C(c1ccc(F)cc1)[C@H](CCCl)N(C(=O)c1ccc([N+](=O)[O-])cc1)N1C(=O)[C@@H]2CC=CC[C@H]2C1=O. The first kappa shape index (κ1) is 25.2. The molecule has 36 heavy (non-hydrogen) atoms. The molecule has 0 saturated carbocycles. The van der Waals surface area contributed by atoms with E-state index in [0.29, 0.717) is 12.8 Å². The Labute approximate surface area is 210 Å². The molecule has 186 valence electrons. The highest BCUT2D eigenvalue weighted by Gasteiger charge is 2.53. The third-order valence-corrected chi connectivity index (χ3v) is 6.56. The van der Waals surface area contributed by atoms with Crippen LogP contribution in [0.3, 0.4) is 0 Å². The number of benzene rings is 2. The Balaban J connectivity index is 1.80. The first-order chi connectivity index (χ1) is 17.2. The molecule has 0 bridgehead atoms. The van der Waals surface area contributed by atoms with Crippen molar-refractivity contribution in [2.75, 3.05) is 5.88 Å². The number of hydrogen-bond acceptors (Lipinski definition) is 6. The largest absolute Gasteiger partial charge is 0.292 e. The molecule has 4 rings (SSSR count). The lowest BCUT2D eigenvalue weighted by Crippen LogP contribution is -2.57. The molecule has 2 aliphatic rings. The quantitative estimate of drug-likeness (QED) is 0.132. The number of allylic oxidation sites excluding steroid dienone is 2. The highest BCUT2D eigenvalue weighted by molar-refractivity contribution is 6.18. The summed E-state index contributed by atoms with van der Waals surface area (Å²) in [5.74, 6) is -4.75. The van der Waals surface area contributed by atoms with Crippen LogP contribution in [0.4, 0.5) is 10.1 Å². The van der Waals surface area contributed by atoms with Gasteiger partial charge >= 0.3 is 0 Å². The second kappa shape index (κ2) is 10.4. The van der Waals surface area contributed by atoms with E-state index >= 15 is 0 Å². The monoisotopic (exact) mass is 513 g/mol. The van der Waals surface area contributed by atoms with Crippen molar-refractivity contribution in [3.05, 3.63) is 87.7 Å². The number of non-ortho nitro benzene ring substituents is 1. The number of halogens is 2. The van der Waals surface area contributed by atoms with E-state index in [2.05, 4.69) is 0 Å². The van der Waals surface area contributed by atoms with Gasteiger partial charge in [-0.2, -0.15) is 5.01 Å². The van der Waals surface area contributed by atoms with E-state index in [-0.39, 0.29) is 29.1 Å². The van der Waals surface area contributed by atoms with Crippen LogP contribution in [0, 0.1) is 27.8 Å². The van der Waals surface area contributed by atoms with Gasteiger partial charge in [0.2, 0.25) is 0 Å². The molecular formula is C25H21ClFN3O6. The fourth-order valence-corrected chi connectivity index (χ4v) is 4.71. The van der Waals surface area contributed by atoms with Gasteiger partial charge in [-0.3, -0.25) is 29.3 Å². The molecule has 2 aromatic rings. The van der Waals surface area contributed by atoms with Gasteiger partial charge < -0.3 is 0 Å². The molecule has 1 aliphatic heterocycles. The van der Waals surface area contributed by atoms with Crippen molar-refractivity contribution in [2.45, 2.75) is 25.3 Å². The number of ketones is 1. The molecular weight excluding hydrogens is 493 g/mol. The van der Waals surface area contributed by atoms with Crippen molar-refractivity contribution in [1.82, 2.24) is 10.0 Å². The van der Waals surface area contributed by atoms with Gasteiger partial charge in [-0.25, -0.2) is 9.40 Å². The van der Waals surface area contributed by atoms with Crippen molar-refractivity contribution >= 4 is 40.8 Å². The van der Waals surface area contributed by atoms with Crippen LogP contribution in [0.2, 0.25) is 0 Å². The van der Waals surface area contributed by atoms with Crippen LogP contribution >= 0.6 is 11.6 Å². The van der Waals surface area contributed by atoms with Gasteiger partial charge in [-0.05, 0) is 55.7 Å². The Morgan fingerprint density at radius 1 is 1.00 bits per heavy atom. The van der Waals surface area contributed by atoms with Crippen LogP contribution in [0.15, 0.2) is 60.7 Å². The number of amides is 3. The van der Waals surface area contributed by atoms with Gasteiger partial charge in [0, 0.05) is 29.1 Å². The Morgan fingerprint density at radius 3 is 2.03 bits per heavy atom. The van der Waals surface area contributed by atoms with E-state index in [1.54, 1.807) is 12.2 Å². The summed E-state index contributed by atoms with van der Waals surface area (Å²) in [5, 5.41) is 12.6. The molecule has 3 amide bonds. The van der Waals surface area contributed by atoms with Crippen LogP contribution in [-0.2, 0) is 9.59 Å². The van der Waals surface area contributed by atoms with E-state index in [0.717, 1.165) is 34.3 Å². The number of hydrogen-bond donors (Lipinski definition) is 0. The molecule has 9 nitrogen and oxygen atoms in total. The zero-order valence-corrected chi connectivity index (χ0v) is 19.6. The van der Waals surface area contributed by atoms with E-state index < -0.39 is 52.1 Å². The van der Waals surface area contributed by atoms with Crippen molar-refractivity contribution in [2.24, 2.45) is 11.8 Å². The van der Waals surface area contributed by atoms with Crippen LogP contribution in [0.25, 0.3) is 0 Å². The molecule has 1 fully saturated rings. The lowest BCUT2D eigenvalue weighted by molar-refractivity contribution is -0.384. The van der Waals surface area contributed by atoms with Gasteiger partial charge in [0.1, 0.15) is 11.9 Å². The second-order valence-electron chi connectivity index (χ2n) is 8.46. The second-order valence-corrected chi connectivity index (χ2v) is 8.84. The van der Waals surface area contributed by atoms with E-state index in [4.69, 9.17) is 11.6 Å². The maximum absolute atomic E-state index is 13.8. The van der Waals surface area contributed by atoms with Gasteiger partial charge in [-0.1, -0.05) is 12.2 Å². The summed E-state index contributed by atoms with van der Waals surface area (Å²) in [5.41, 5.74) is -0.268. The lowest BCUT2D eigenvalue weighted by Gasteiger charge is -2.36. The predicted molar refractivity (Wildman–Crippen MR) is 126 cm³/mol.